The van der Waals surface area contributed by atoms with E-state index in [1.54, 1.807) is 0 Å². The molecule has 0 aromatic heterocycles. The van der Waals surface area contributed by atoms with Crippen LogP contribution in [0.25, 0.3) is 0 Å². The van der Waals surface area contributed by atoms with Crippen LogP contribution in [0.15, 0.2) is 0 Å². The largest absolute Gasteiger partial charge is 0.466 e. The number of hydrogen-bond donors (Lipinski definition) is 0. The molecule has 16 heavy (non-hydrogen) atoms. The van der Waals surface area contributed by atoms with Crippen LogP contribution in [0.1, 0.15) is 78.1 Å². The molecule has 0 unspecified atom stereocenters. The fourth-order valence-electron chi connectivity index (χ4n) is 1.66. The first-order chi connectivity index (χ1) is 7.81. The van der Waals surface area contributed by atoms with E-state index in [9.17, 15) is 4.79 Å². The number of esters is 1. The van der Waals surface area contributed by atoms with Gasteiger partial charge in [0.05, 0.1) is 6.61 Å². The van der Waals surface area contributed by atoms with Gasteiger partial charge >= 0.3 is 5.97 Å². The second-order valence-corrected chi connectivity index (χ2v) is 4.45. The average Bonchev–Trinajstić information content (AvgIpc) is 2.29. The Morgan fingerprint density at radius 2 is 1.38 bits per heavy atom. The van der Waals surface area contributed by atoms with Gasteiger partial charge in [0.1, 0.15) is 0 Å². The van der Waals surface area contributed by atoms with Crippen molar-refractivity contribution in [3.8, 4) is 0 Å². The quantitative estimate of drug-likeness (QED) is 0.385. The normalized spacial score (nSPS) is 10.4. The topological polar surface area (TPSA) is 26.3 Å². The van der Waals surface area contributed by atoms with E-state index >= 15 is 0 Å². The summed E-state index contributed by atoms with van der Waals surface area (Å²) in [4.78, 5) is 11.3. The molecule has 96 valence electrons. The fraction of sp³-hybridized carbons (Fsp3) is 0.929. The molecule has 0 aliphatic carbocycles. The SMILES string of the molecule is CCCCCCCOC(=O)CCCCCC. The van der Waals surface area contributed by atoms with Crippen LogP contribution in [0.4, 0.5) is 0 Å². The molecular formula is C14H28O2. The summed E-state index contributed by atoms with van der Waals surface area (Å²) in [5.41, 5.74) is 0. The molecule has 0 atom stereocenters. The van der Waals surface area contributed by atoms with Crippen LogP contribution in [0, 0.1) is 0 Å². The Hall–Kier alpha value is -0.530. The maximum Gasteiger partial charge on any atom is 0.305 e. The van der Waals surface area contributed by atoms with E-state index in [-0.39, 0.29) is 5.97 Å². The van der Waals surface area contributed by atoms with Crippen molar-refractivity contribution in [2.24, 2.45) is 0 Å². The first-order valence-electron chi connectivity index (χ1n) is 6.96. The Bertz CT molecular complexity index is 155. The predicted molar refractivity (Wildman–Crippen MR) is 68.5 cm³/mol. The van der Waals surface area contributed by atoms with Gasteiger partial charge in [-0.25, -0.2) is 0 Å². The minimum atomic E-state index is -0.00778. The van der Waals surface area contributed by atoms with Crippen molar-refractivity contribution < 1.29 is 9.53 Å². The maximum atomic E-state index is 11.3. The zero-order valence-corrected chi connectivity index (χ0v) is 11.1. The van der Waals surface area contributed by atoms with E-state index in [0.29, 0.717) is 13.0 Å². The second kappa shape index (κ2) is 12.5. The highest BCUT2D eigenvalue weighted by Crippen LogP contribution is 2.05. The van der Waals surface area contributed by atoms with Crippen LogP contribution in [-0.2, 0) is 9.53 Å². The molecule has 2 nitrogen and oxygen atoms in total. The smallest absolute Gasteiger partial charge is 0.305 e. The molecule has 0 amide bonds. The summed E-state index contributed by atoms with van der Waals surface area (Å²) in [5, 5.41) is 0. The predicted octanol–water partition coefficient (Wildman–Crippen LogP) is 4.47. The maximum absolute atomic E-state index is 11.3. The highest BCUT2D eigenvalue weighted by atomic mass is 16.5. The average molecular weight is 228 g/mol. The molecule has 0 saturated heterocycles. The van der Waals surface area contributed by atoms with Gasteiger partial charge in [0.2, 0.25) is 0 Å². The highest BCUT2D eigenvalue weighted by Gasteiger charge is 2.01. The molecule has 0 N–H and O–H groups in total. The molecule has 0 heterocycles. The minimum Gasteiger partial charge on any atom is -0.466 e. The molecule has 0 aliphatic rings. The molecule has 2 heteroatoms. The summed E-state index contributed by atoms with van der Waals surface area (Å²) in [7, 11) is 0. The van der Waals surface area contributed by atoms with Crippen molar-refractivity contribution in [3.63, 3.8) is 0 Å². The van der Waals surface area contributed by atoms with Crippen LogP contribution in [0.3, 0.4) is 0 Å². The third kappa shape index (κ3) is 11.5. The lowest BCUT2D eigenvalue weighted by Crippen LogP contribution is -2.05. The summed E-state index contributed by atoms with van der Waals surface area (Å²) in [6, 6.07) is 0. The van der Waals surface area contributed by atoms with Gasteiger partial charge < -0.3 is 4.74 Å². The molecule has 0 saturated carbocycles. The lowest BCUT2D eigenvalue weighted by molar-refractivity contribution is -0.143. The van der Waals surface area contributed by atoms with Crippen LogP contribution in [-0.4, -0.2) is 12.6 Å². The lowest BCUT2D eigenvalue weighted by Gasteiger charge is -2.04. The van der Waals surface area contributed by atoms with Gasteiger partial charge in [0.15, 0.2) is 0 Å². The molecule has 0 spiro atoms. The Morgan fingerprint density at radius 3 is 2.00 bits per heavy atom. The van der Waals surface area contributed by atoms with Crippen molar-refractivity contribution >= 4 is 5.97 Å². The first kappa shape index (κ1) is 15.5. The van der Waals surface area contributed by atoms with E-state index < -0.39 is 0 Å². The number of carbonyl (C=O) groups excluding carboxylic acids is 1. The van der Waals surface area contributed by atoms with Crippen LogP contribution < -0.4 is 0 Å². The van der Waals surface area contributed by atoms with Gasteiger partial charge in [-0.2, -0.15) is 0 Å². The van der Waals surface area contributed by atoms with Crippen molar-refractivity contribution in [2.45, 2.75) is 78.1 Å². The van der Waals surface area contributed by atoms with Crippen molar-refractivity contribution in [3.05, 3.63) is 0 Å². The van der Waals surface area contributed by atoms with Gasteiger partial charge in [-0.15, -0.1) is 0 Å². The number of unbranched alkanes of at least 4 members (excludes halogenated alkanes) is 7. The molecule has 0 fully saturated rings. The monoisotopic (exact) mass is 228 g/mol. The molecule has 0 rings (SSSR count). The van der Waals surface area contributed by atoms with E-state index in [1.807, 2.05) is 0 Å². The van der Waals surface area contributed by atoms with Crippen LogP contribution >= 0.6 is 0 Å². The number of ether oxygens (including phenoxy) is 1. The summed E-state index contributed by atoms with van der Waals surface area (Å²) in [5.74, 6) is -0.00778. The van der Waals surface area contributed by atoms with E-state index in [0.717, 1.165) is 19.3 Å². The fourth-order valence-corrected chi connectivity index (χ4v) is 1.66. The van der Waals surface area contributed by atoms with Gasteiger partial charge in [0.25, 0.3) is 0 Å². The molecule has 0 aromatic rings. The van der Waals surface area contributed by atoms with Gasteiger partial charge in [-0.05, 0) is 12.8 Å². The third-order valence-electron chi connectivity index (χ3n) is 2.75. The van der Waals surface area contributed by atoms with Crippen molar-refractivity contribution in [1.29, 1.82) is 0 Å². The number of carbonyl (C=O) groups is 1. The lowest BCUT2D eigenvalue weighted by atomic mass is 10.1. The van der Waals surface area contributed by atoms with Crippen LogP contribution in [0.2, 0.25) is 0 Å². The van der Waals surface area contributed by atoms with E-state index in [2.05, 4.69) is 13.8 Å². The summed E-state index contributed by atoms with van der Waals surface area (Å²) < 4.78 is 5.16. The zero-order valence-electron chi connectivity index (χ0n) is 11.1. The summed E-state index contributed by atoms with van der Waals surface area (Å²) in [6.07, 6.45) is 11.2. The van der Waals surface area contributed by atoms with E-state index in [4.69, 9.17) is 4.74 Å². The van der Waals surface area contributed by atoms with E-state index in [1.165, 1.54) is 38.5 Å². The Labute approximate surface area is 101 Å². The van der Waals surface area contributed by atoms with Crippen molar-refractivity contribution in [1.82, 2.24) is 0 Å². The number of rotatable bonds is 11. The molecule has 0 aliphatic heterocycles. The highest BCUT2D eigenvalue weighted by molar-refractivity contribution is 5.69. The Kier molecular flexibility index (Phi) is 12.1. The van der Waals surface area contributed by atoms with Crippen molar-refractivity contribution in [2.75, 3.05) is 6.61 Å². The Balaban J connectivity index is 3.11. The first-order valence-corrected chi connectivity index (χ1v) is 6.96. The standard InChI is InChI=1S/C14H28O2/c1-3-5-7-9-11-13-16-14(15)12-10-8-6-4-2/h3-13H2,1-2H3. The minimum absolute atomic E-state index is 0.00778. The molecule has 0 aromatic carbocycles. The summed E-state index contributed by atoms with van der Waals surface area (Å²) >= 11 is 0. The summed E-state index contributed by atoms with van der Waals surface area (Å²) in [6.45, 7) is 5.00. The third-order valence-corrected chi connectivity index (χ3v) is 2.75. The zero-order chi connectivity index (χ0) is 12.1. The Morgan fingerprint density at radius 1 is 0.812 bits per heavy atom. The number of hydrogen-bond acceptors (Lipinski definition) is 2. The van der Waals surface area contributed by atoms with Gasteiger partial charge in [-0.1, -0.05) is 58.8 Å². The second-order valence-electron chi connectivity index (χ2n) is 4.45. The molecular weight excluding hydrogens is 200 g/mol. The van der Waals surface area contributed by atoms with Gasteiger partial charge in [0, 0.05) is 6.42 Å². The van der Waals surface area contributed by atoms with Gasteiger partial charge in [-0.3, -0.25) is 4.79 Å². The molecule has 0 bridgehead atoms. The molecule has 0 radical (unpaired) electrons. The van der Waals surface area contributed by atoms with Crippen LogP contribution in [0.5, 0.6) is 0 Å².